The fraction of sp³-hybridized carbons (Fsp3) is 0.592. The Morgan fingerprint density at radius 3 is 2.36 bits per heavy atom. The van der Waals surface area contributed by atoms with Gasteiger partial charge in [-0.05, 0) is 123 Å². The van der Waals surface area contributed by atoms with Gasteiger partial charge in [-0.15, -0.1) is 11.8 Å². The SMILES string of the molecule is CNCNC(O)(CCC(=O)NC(CSC1C2=C3C(CCCCCC14CCCC4)CC(Cc1ccncc1)=C(C1NCCCC1Cc1ccccc1)C3C(=O)O2)C(=O)NC(O)C(=O)O)C(=O)O. The van der Waals surface area contributed by atoms with E-state index in [0.717, 1.165) is 107 Å². The number of piperidine rings is 1. The highest BCUT2D eigenvalue weighted by Crippen LogP contribution is 2.58. The highest BCUT2D eigenvalue weighted by Gasteiger charge is 2.54. The van der Waals surface area contributed by atoms with Crippen LogP contribution in [-0.4, -0.2) is 110 Å². The molecule has 1 spiro atoms. The number of carboxylic acids is 2. The molecule has 2 aliphatic heterocycles. The van der Waals surface area contributed by atoms with Gasteiger partial charge in [0.2, 0.25) is 23.8 Å². The number of benzene rings is 1. The van der Waals surface area contributed by atoms with Gasteiger partial charge in [-0.1, -0.05) is 68.0 Å². The van der Waals surface area contributed by atoms with Crippen LogP contribution in [0.3, 0.4) is 0 Å². The van der Waals surface area contributed by atoms with Gasteiger partial charge in [0.05, 0.1) is 5.25 Å². The van der Waals surface area contributed by atoms with Crippen LogP contribution < -0.4 is 26.6 Å². The predicted octanol–water partition coefficient (Wildman–Crippen LogP) is 3.93. The molecule has 5 aliphatic rings. The van der Waals surface area contributed by atoms with Crippen LogP contribution in [0.2, 0.25) is 0 Å². The van der Waals surface area contributed by atoms with Crippen LogP contribution in [0.15, 0.2) is 77.3 Å². The molecule has 0 bridgehead atoms. The first-order chi connectivity index (χ1) is 31.8. The number of carboxylic acid groups (broad SMARTS) is 2. The molecule has 2 amide bonds. The molecule has 1 aromatic heterocycles. The van der Waals surface area contributed by atoms with Gasteiger partial charge >= 0.3 is 17.9 Å². The number of nitrogens with zero attached hydrogens (tertiary/aromatic N) is 1. The second-order valence-corrected chi connectivity index (χ2v) is 20.0. The first-order valence-electron chi connectivity index (χ1n) is 23.6. The van der Waals surface area contributed by atoms with Crippen molar-refractivity contribution in [1.82, 2.24) is 31.6 Å². The van der Waals surface area contributed by atoms with Crippen molar-refractivity contribution in [2.24, 2.45) is 23.2 Å². The Labute approximate surface area is 390 Å². The summed E-state index contributed by atoms with van der Waals surface area (Å²) < 4.78 is 6.73. The lowest BCUT2D eigenvalue weighted by Crippen LogP contribution is -2.56. The summed E-state index contributed by atoms with van der Waals surface area (Å²) in [5.74, 6) is -5.06. The molecule has 1 saturated carbocycles. The van der Waals surface area contributed by atoms with Crippen molar-refractivity contribution in [1.29, 1.82) is 0 Å². The zero-order valence-corrected chi connectivity index (χ0v) is 38.6. The van der Waals surface area contributed by atoms with Gasteiger partial charge < -0.3 is 46.4 Å². The number of esters is 1. The third-order valence-corrected chi connectivity index (χ3v) is 16.0. The summed E-state index contributed by atoms with van der Waals surface area (Å²) >= 11 is 1.40. The van der Waals surface area contributed by atoms with Crippen molar-refractivity contribution in [2.45, 2.75) is 132 Å². The average Bonchev–Trinajstić information content (AvgIpc) is 3.92. The molecule has 16 nitrogen and oxygen atoms in total. The molecule has 8 unspecified atom stereocenters. The minimum absolute atomic E-state index is 0.0295. The summed E-state index contributed by atoms with van der Waals surface area (Å²) in [6.45, 7) is 0.760. The van der Waals surface area contributed by atoms with Gasteiger partial charge in [-0.3, -0.25) is 24.7 Å². The molecule has 3 aliphatic carbocycles. The van der Waals surface area contributed by atoms with E-state index in [1.165, 1.54) is 22.9 Å². The number of aliphatic carboxylic acids is 2. The Hall–Kier alpha value is -4.65. The number of pyridine rings is 1. The zero-order valence-electron chi connectivity index (χ0n) is 37.8. The van der Waals surface area contributed by atoms with E-state index >= 15 is 4.79 Å². The van der Waals surface area contributed by atoms with Crippen molar-refractivity contribution in [3.63, 3.8) is 0 Å². The molecule has 17 heteroatoms. The molecule has 3 heterocycles. The lowest BCUT2D eigenvalue weighted by molar-refractivity contribution is -0.164. The molecular formula is C49H66N6O10S. The minimum Gasteiger partial charge on any atom is -0.478 e. The van der Waals surface area contributed by atoms with E-state index in [2.05, 4.69) is 55.8 Å². The Kier molecular flexibility index (Phi) is 16.7. The van der Waals surface area contributed by atoms with Crippen LogP contribution in [-0.2, 0) is 41.6 Å². The van der Waals surface area contributed by atoms with Gasteiger partial charge in [0.25, 0.3) is 0 Å². The molecule has 0 radical (unpaired) electrons. The number of carbonyl (C=O) groups excluding carboxylic acids is 3. The normalized spacial score (nSPS) is 25.9. The number of hydrogen-bond donors (Lipinski definition) is 9. The van der Waals surface area contributed by atoms with Crippen LogP contribution in [0.5, 0.6) is 0 Å². The highest BCUT2D eigenvalue weighted by atomic mass is 32.2. The molecule has 2 fully saturated rings. The number of hydrogen-bond acceptors (Lipinski definition) is 13. The Morgan fingerprint density at radius 2 is 1.67 bits per heavy atom. The number of aliphatic hydroxyl groups excluding tert-OH is 1. The quantitative estimate of drug-likeness (QED) is 0.0551. The van der Waals surface area contributed by atoms with E-state index in [9.17, 15) is 39.6 Å². The van der Waals surface area contributed by atoms with E-state index < -0.39 is 65.8 Å². The van der Waals surface area contributed by atoms with Crippen molar-refractivity contribution in [2.75, 3.05) is 26.0 Å². The number of amides is 2. The maximum absolute atomic E-state index is 15.0. The van der Waals surface area contributed by atoms with Crippen LogP contribution in [0.1, 0.15) is 101 Å². The van der Waals surface area contributed by atoms with Crippen LogP contribution in [0.4, 0.5) is 0 Å². The van der Waals surface area contributed by atoms with E-state index in [1.54, 1.807) is 7.05 Å². The minimum atomic E-state index is -2.45. The summed E-state index contributed by atoms with van der Waals surface area (Å²) in [5, 5.41) is 53.5. The summed E-state index contributed by atoms with van der Waals surface area (Å²) in [6, 6.07) is 13.1. The Bertz CT molecular complexity index is 2120. The lowest BCUT2D eigenvalue weighted by atomic mass is 9.64. The highest BCUT2D eigenvalue weighted by molar-refractivity contribution is 8.00. The zero-order chi connectivity index (χ0) is 46.8. The smallest absolute Gasteiger partial charge is 0.353 e. The number of allylic oxidation sites excluding steroid dienone is 1. The molecule has 358 valence electrons. The maximum Gasteiger partial charge on any atom is 0.353 e. The molecule has 2 aromatic rings. The monoisotopic (exact) mass is 930 g/mol. The number of carbonyl (C=O) groups is 5. The summed E-state index contributed by atoms with van der Waals surface area (Å²) in [4.78, 5) is 70.3. The maximum atomic E-state index is 15.0. The fourth-order valence-corrected chi connectivity index (χ4v) is 12.9. The Morgan fingerprint density at radius 1 is 0.939 bits per heavy atom. The van der Waals surface area contributed by atoms with Gasteiger partial charge in [0, 0.05) is 43.7 Å². The standard InChI is InChI=1S/C49H66N6O10S/c1-50-29-53-49(64,47(62)63)21-15-36(56)54-35(43(57)55-44(58)45(59)60)28-66-42-41-38-32(13-6-3-7-18-48(42)19-8-9-20-48)27-34(26-31-16-23-51-24-17-31)37(39(38)46(61)65-41)40-33(14-10-22-52-40)25-30-11-4-2-5-12-30/h2,4-5,11-12,16-17,23-24,32-33,35,39-40,42,44,50,52-53,58,64H,3,6-10,13-15,18-22,25-29H2,1H3,(H,54,56)(H,55,57)(H,59,60)(H,62,63). The third kappa shape index (κ3) is 11.5. The van der Waals surface area contributed by atoms with Gasteiger partial charge in [0.15, 0.2) is 0 Å². The molecule has 1 aromatic carbocycles. The fourth-order valence-electron chi connectivity index (χ4n) is 11.2. The van der Waals surface area contributed by atoms with Crippen LogP contribution >= 0.6 is 11.8 Å². The van der Waals surface area contributed by atoms with Crippen molar-refractivity contribution >= 4 is 41.5 Å². The molecule has 1 saturated heterocycles. The van der Waals surface area contributed by atoms with E-state index in [-0.39, 0.29) is 41.7 Å². The van der Waals surface area contributed by atoms with E-state index in [1.807, 2.05) is 30.6 Å². The van der Waals surface area contributed by atoms with E-state index in [0.29, 0.717) is 12.2 Å². The number of rotatable bonds is 19. The number of aromatic nitrogens is 1. The van der Waals surface area contributed by atoms with Gasteiger partial charge in [0.1, 0.15) is 17.7 Å². The molecule has 7 rings (SSSR count). The van der Waals surface area contributed by atoms with Gasteiger partial charge in [-0.25, -0.2) is 9.59 Å². The number of aliphatic hydroxyl groups is 2. The van der Waals surface area contributed by atoms with Gasteiger partial charge in [-0.2, -0.15) is 0 Å². The summed E-state index contributed by atoms with van der Waals surface area (Å²) in [6.07, 6.45) is 13.1. The molecule has 66 heavy (non-hydrogen) atoms. The topological polar surface area (TPSA) is 249 Å². The van der Waals surface area contributed by atoms with Crippen molar-refractivity contribution < 1.29 is 49.1 Å². The third-order valence-electron chi connectivity index (χ3n) is 14.5. The van der Waals surface area contributed by atoms with Crippen LogP contribution in [0, 0.1) is 23.2 Å². The molecular weight excluding hydrogens is 865 g/mol. The first kappa shape index (κ1) is 49.3. The second-order valence-electron chi connectivity index (χ2n) is 18.8. The lowest BCUT2D eigenvalue weighted by Gasteiger charge is -2.43. The largest absolute Gasteiger partial charge is 0.478 e. The average molecular weight is 931 g/mol. The molecule has 8 atom stereocenters. The molecule has 9 N–H and O–H groups in total. The summed E-state index contributed by atoms with van der Waals surface area (Å²) in [5.41, 5.74) is 3.03. The van der Waals surface area contributed by atoms with Crippen molar-refractivity contribution in [3.05, 3.63) is 88.5 Å². The number of nitrogens with one attached hydrogen (secondary N) is 5. The summed E-state index contributed by atoms with van der Waals surface area (Å²) in [7, 11) is 1.55. The Balaban J connectivity index is 1.27. The second kappa shape index (κ2) is 22.4. The predicted molar refractivity (Wildman–Crippen MR) is 247 cm³/mol. The number of ether oxygens (including phenoxy) is 1. The van der Waals surface area contributed by atoms with Crippen LogP contribution in [0.25, 0.3) is 0 Å². The van der Waals surface area contributed by atoms with E-state index in [4.69, 9.17) is 4.74 Å². The first-order valence-corrected chi connectivity index (χ1v) is 24.7. The number of thioether (sulfide) groups is 1. The van der Waals surface area contributed by atoms with Crippen molar-refractivity contribution in [3.8, 4) is 0 Å².